The molecule has 0 bridgehead atoms. The van der Waals surface area contributed by atoms with Gasteiger partial charge in [0.25, 0.3) is 10.0 Å². The number of pyridine rings is 1. The Morgan fingerprint density at radius 2 is 1.74 bits per heavy atom. The van der Waals surface area contributed by atoms with Crippen molar-refractivity contribution in [2.45, 2.75) is 11.1 Å². The highest BCUT2D eigenvalue weighted by atomic mass is 32.2. The fourth-order valence-electron chi connectivity index (χ4n) is 3.92. The lowest BCUT2D eigenvalue weighted by Crippen LogP contribution is -2.17. The van der Waals surface area contributed by atoms with Gasteiger partial charge in [0.05, 0.1) is 27.9 Å². The number of fused-ring (bicyclic) bond motifs is 1. The maximum Gasteiger partial charge on any atom is 0.416 e. The van der Waals surface area contributed by atoms with Crippen molar-refractivity contribution >= 4 is 32.5 Å². The number of rotatable bonds is 6. The van der Waals surface area contributed by atoms with Crippen LogP contribution in [-0.4, -0.2) is 33.9 Å². The lowest BCUT2D eigenvalue weighted by atomic mass is 10.0. The molecule has 0 spiro atoms. The third kappa shape index (κ3) is 4.85. The molecule has 0 atom stereocenters. The van der Waals surface area contributed by atoms with Crippen molar-refractivity contribution in [2.24, 2.45) is 7.05 Å². The normalized spacial score (nSPS) is 12.2. The number of halogens is 5. The van der Waals surface area contributed by atoms with E-state index in [1.54, 1.807) is 30.2 Å². The number of aryl methyl sites for hydroxylation is 1. The average molecular weight is 561 g/mol. The summed E-state index contributed by atoms with van der Waals surface area (Å²) in [6, 6.07) is 5.55. The van der Waals surface area contributed by atoms with E-state index < -0.39 is 55.3 Å². The molecule has 14 heteroatoms. The van der Waals surface area contributed by atoms with Crippen LogP contribution in [0.5, 0.6) is 0 Å². The number of ketones is 1. The van der Waals surface area contributed by atoms with E-state index >= 15 is 4.39 Å². The topological polar surface area (TPSA) is 110 Å². The molecule has 0 amide bonds. The molecule has 200 valence electrons. The Bertz CT molecular complexity index is 1840. The molecule has 0 saturated heterocycles. The Morgan fingerprint density at radius 3 is 2.38 bits per heavy atom. The van der Waals surface area contributed by atoms with E-state index in [0.717, 1.165) is 6.07 Å². The van der Waals surface area contributed by atoms with Crippen LogP contribution >= 0.6 is 0 Å². The van der Waals surface area contributed by atoms with E-state index in [1.165, 1.54) is 12.4 Å². The quantitative estimate of drug-likeness (QED) is 0.216. The third-order valence-corrected chi connectivity index (χ3v) is 7.25. The number of H-pyrrole nitrogens is 1. The number of sulfonamides is 1. The van der Waals surface area contributed by atoms with Crippen molar-refractivity contribution in [1.82, 2.24) is 19.7 Å². The number of aromatic nitrogens is 4. The van der Waals surface area contributed by atoms with Crippen LogP contribution in [0.4, 0.5) is 27.6 Å². The number of nitrogens with zero attached hydrogens (tertiary/aromatic N) is 3. The van der Waals surface area contributed by atoms with Gasteiger partial charge in [0.15, 0.2) is 5.82 Å². The number of aromatic amines is 1. The molecule has 0 radical (unpaired) electrons. The zero-order chi connectivity index (χ0) is 28.1. The predicted octanol–water partition coefficient (Wildman–Crippen LogP) is 5.29. The SMILES string of the molecule is Cn1cc(-c2cnc3[nH]cc(C(=O)c4c(F)ccc(NS(=O)(=O)c5ccc(C(F)(F)F)cc5)c4F)c3c2)cn1. The van der Waals surface area contributed by atoms with E-state index in [2.05, 4.69) is 15.1 Å². The van der Waals surface area contributed by atoms with Gasteiger partial charge in [-0.3, -0.25) is 14.2 Å². The van der Waals surface area contributed by atoms with Gasteiger partial charge in [-0.25, -0.2) is 22.2 Å². The van der Waals surface area contributed by atoms with Crippen molar-refractivity contribution in [3.8, 4) is 11.1 Å². The van der Waals surface area contributed by atoms with Crippen LogP contribution in [0.2, 0.25) is 0 Å². The number of carbonyl (C=O) groups is 1. The fourth-order valence-corrected chi connectivity index (χ4v) is 4.98. The molecule has 8 nitrogen and oxygen atoms in total. The first-order valence-electron chi connectivity index (χ1n) is 11.0. The first-order chi connectivity index (χ1) is 18.3. The number of hydrogen-bond donors (Lipinski definition) is 2. The summed E-state index contributed by atoms with van der Waals surface area (Å²) < 4.78 is 97.4. The summed E-state index contributed by atoms with van der Waals surface area (Å²) in [4.78, 5) is 19.7. The maximum absolute atomic E-state index is 15.4. The van der Waals surface area contributed by atoms with Gasteiger partial charge in [-0.2, -0.15) is 18.3 Å². The molecule has 2 aromatic carbocycles. The summed E-state index contributed by atoms with van der Waals surface area (Å²) in [5, 5.41) is 4.33. The zero-order valence-corrected chi connectivity index (χ0v) is 20.5. The van der Waals surface area contributed by atoms with Gasteiger partial charge in [0, 0.05) is 47.7 Å². The average Bonchev–Trinajstić information content (AvgIpc) is 3.51. The van der Waals surface area contributed by atoms with Crippen LogP contribution in [-0.2, 0) is 23.2 Å². The molecule has 3 aromatic heterocycles. The van der Waals surface area contributed by atoms with Crippen LogP contribution < -0.4 is 4.72 Å². The van der Waals surface area contributed by atoms with Crippen LogP contribution in [0, 0.1) is 11.6 Å². The van der Waals surface area contributed by atoms with Crippen molar-refractivity contribution in [1.29, 1.82) is 0 Å². The molecule has 3 heterocycles. The molecule has 0 aliphatic rings. The van der Waals surface area contributed by atoms with Crippen molar-refractivity contribution in [3.63, 3.8) is 0 Å². The van der Waals surface area contributed by atoms with Gasteiger partial charge in [-0.15, -0.1) is 0 Å². The summed E-state index contributed by atoms with van der Waals surface area (Å²) in [6.45, 7) is 0. The second kappa shape index (κ2) is 9.31. The molecule has 0 aliphatic carbocycles. The van der Waals surface area contributed by atoms with Gasteiger partial charge >= 0.3 is 6.18 Å². The number of hydrogen-bond acceptors (Lipinski definition) is 5. The Hall–Kier alpha value is -4.59. The van der Waals surface area contributed by atoms with Crippen molar-refractivity contribution < 1.29 is 35.2 Å². The summed E-state index contributed by atoms with van der Waals surface area (Å²) >= 11 is 0. The predicted molar refractivity (Wildman–Crippen MR) is 130 cm³/mol. The van der Waals surface area contributed by atoms with Gasteiger partial charge in [-0.05, 0) is 42.5 Å². The Morgan fingerprint density at radius 1 is 1.03 bits per heavy atom. The summed E-state index contributed by atoms with van der Waals surface area (Å²) in [7, 11) is -2.88. The number of carbonyl (C=O) groups excluding carboxylic acids is 1. The summed E-state index contributed by atoms with van der Waals surface area (Å²) in [5.74, 6) is -3.83. The van der Waals surface area contributed by atoms with Crippen LogP contribution in [0.15, 0.2) is 72.1 Å². The van der Waals surface area contributed by atoms with E-state index in [-0.39, 0.29) is 16.6 Å². The van der Waals surface area contributed by atoms with Gasteiger partial charge < -0.3 is 4.98 Å². The molecule has 5 aromatic rings. The van der Waals surface area contributed by atoms with Crippen molar-refractivity contribution in [2.75, 3.05) is 4.72 Å². The minimum atomic E-state index is -4.69. The van der Waals surface area contributed by atoms with Gasteiger partial charge in [0.1, 0.15) is 11.5 Å². The zero-order valence-electron chi connectivity index (χ0n) is 19.7. The largest absolute Gasteiger partial charge is 0.416 e. The molecule has 0 fully saturated rings. The number of alkyl halides is 3. The first-order valence-corrected chi connectivity index (χ1v) is 12.5. The molecule has 0 aliphatic heterocycles. The molecule has 39 heavy (non-hydrogen) atoms. The van der Waals surface area contributed by atoms with Crippen molar-refractivity contribution in [3.05, 3.63) is 95.6 Å². The van der Waals surface area contributed by atoms with E-state index in [0.29, 0.717) is 41.5 Å². The number of nitrogens with one attached hydrogen (secondary N) is 2. The van der Waals surface area contributed by atoms with Crippen LogP contribution in [0.3, 0.4) is 0 Å². The number of benzene rings is 2. The molecule has 0 unspecified atom stereocenters. The monoisotopic (exact) mass is 561 g/mol. The second-order valence-electron chi connectivity index (χ2n) is 8.47. The second-order valence-corrected chi connectivity index (χ2v) is 10.1. The van der Waals surface area contributed by atoms with Gasteiger partial charge in [-0.1, -0.05) is 0 Å². The van der Waals surface area contributed by atoms with E-state index in [4.69, 9.17) is 0 Å². The lowest BCUT2D eigenvalue weighted by Gasteiger charge is -2.13. The third-order valence-electron chi connectivity index (χ3n) is 5.87. The Kier molecular flexibility index (Phi) is 6.21. The standard InChI is InChI=1S/C25H16F5N5O3S/c1-35-12-14(10-33-35)13-8-17-18(11-32-24(17)31-9-13)23(36)21-19(26)6-7-20(22(21)27)34-39(37,38)16-4-2-15(3-5-16)25(28,29)30/h2-12,34H,1H3,(H,31,32). The molecule has 0 saturated carbocycles. The lowest BCUT2D eigenvalue weighted by molar-refractivity contribution is -0.137. The first kappa shape index (κ1) is 26.0. The minimum Gasteiger partial charge on any atom is -0.345 e. The van der Waals surface area contributed by atoms with E-state index in [9.17, 15) is 30.8 Å². The van der Waals surface area contributed by atoms with Crippen LogP contribution in [0.1, 0.15) is 21.5 Å². The Labute approximate surface area is 217 Å². The molecular weight excluding hydrogens is 545 g/mol. The Balaban J connectivity index is 1.50. The number of anilines is 1. The van der Waals surface area contributed by atoms with Gasteiger partial charge in [0.2, 0.25) is 5.78 Å². The smallest absolute Gasteiger partial charge is 0.345 e. The highest BCUT2D eigenvalue weighted by molar-refractivity contribution is 7.92. The van der Waals surface area contributed by atoms with E-state index in [1.807, 2.05) is 4.72 Å². The maximum atomic E-state index is 15.4. The molecular formula is C25H16F5N5O3S. The molecule has 5 rings (SSSR count). The minimum absolute atomic E-state index is 0.121. The fraction of sp³-hybridized carbons (Fsp3) is 0.0800. The highest BCUT2D eigenvalue weighted by Crippen LogP contribution is 2.32. The summed E-state index contributed by atoms with van der Waals surface area (Å²) in [5.41, 5.74) is -1.47. The molecule has 2 N–H and O–H groups in total. The van der Waals surface area contributed by atoms with Crippen LogP contribution in [0.25, 0.3) is 22.2 Å². The summed E-state index contributed by atoms with van der Waals surface area (Å²) in [6.07, 6.45) is 1.35. The highest BCUT2D eigenvalue weighted by Gasteiger charge is 2.31.